The molecule has 0 aromatic heterocycles. The predicted molar refractivity (Wildman–Crippen MR) is 19.4 cm³/mol. The quantitative estimate of drug-likeness (QED) is 0.425. The van der Waals surface area contributed by atoms with Crippen molar-refractivity contribution in [1.82, 2.24) is 0 Å². The summed E-state index contributed by atoms with van der Waals surface area (Å²) in [5.74, 6) is 0. The maximum atomic E-state index is 2.21. The Bertz CT molecular complexity index is 41.6. The van der Waals surface area contributed by atoms with E-state index >= 15 is 0 Å². The summed E-state index contributed by atoms with van der Waals surface area (Å²) in [5, 5.41) is 0. The molecule has 0 nitrogen and oxygen atoms in total. The average molecular weight is 120 g/mol. The van der Waals surface area contributed by atoms with Crippen molar-refractivity contribution in [2.45, 2.75) is 13.8 Å². The van der Waals surface area contributed by atoms with E-state index in [1.54, 1.807) is 0 Å². The Hall–Kier alpha value is 0.363. The Morgan fingerprint density at radius 2 is 1.80 bits per heavy atom. The molecule has 0 aromatic carbocycles. The van der Waals surface area contributed by atoms with Crippen LogP contribution in [0.4, 0.5) is 0 Å². The van der Waals surface area contributed by atoms with Gasteiger partial charge in [-0.15, -0.1) is 0 Å². The normalized spacial score (nSPS) is 7.20. The van der Waals surface area contributed by atoms with Gasteiger partial charge in [0.05, 0.1) is 0 Å². The molecule has 1 heteroatoms. The van der Waals surface area contributed by atoms with Gasteiger partial charge >= 0.3 is 42.4 Å². The summed E-state index contributed by atoms with van der Waals surface area (Å²) in [6.07, 6.45) is 0. The van der Waals surface area contributed by atoms with E-state index in [1.165, 1.54) is 23.9 Å². The molecule has 0 rings (SSSR count). The van der Waals surface area contributed by atoms with E-state index in [1.807, 2.05) is 0 Å². The summed E-state index contributed by atoms with van der Waals surface area (Å²) < 4.78 is 2.21. The van der Waals surface area contributed by atoms with Gasteiger partial charge in [0.15, 0.2) is 0 Å². The molecule has 0 fully saturated rings. The van der Waals surface area contributed by atoms with Crippen LogP contribution in [0, 0.1) is 0 Å². The van der Waals surface area contributed by atoms with E-state index in [-0.39, 0.29) is 0 Å². The van der Waals surface area contributed by atoms with Crippen LogP contribution in [0.2, 0.25) is 0 Å². The molecular formula is C4H7Zn. The molecule has 0 N–H and O–H groups in total. The van der Waals surface area contributed by atoms with Crippen molar-refractivity contribution in [3.8, 4) is 0 Å². The standard InChI is InChI=1S/C4H7.Zn/c1-4(2)3;/h1H,2-3H3;. The fourth-order valence-electron chi connectivity index (χ4n) is 0. The monoisotopic (exact) mass is 119 g/mol. The third kappa shape index (κ3) is 4.36. The first-order valence-corrected chi connectivity index (χ1v) is 3.41. The fraction of sp³-hybridized carbons (Fsp3) is 0.500. The molecule has 0 saturated heterocycles. The van der Waals surface area contributed by atoms with Crippen molar-refractivity contribution in [3.05, 3.63) is 10.2 Å². The van der Waals surface area contributed by atoms with Gasteiger partial charge in [-0.05, 0) is 0 Å². The first-order valence-electron chi connectivity index (χ1n) is 1.70. The van der Waals surface area contributed by atoms with Crippen LogP contribution in [0.3, 0.4) is 0 Å². The molecule has 0 amide bonds. The molecule has 0 bridgehead atoms. The topological polar surface area (TPSA) is 0 Å². The van der Waals surface area contributed by atoms with Crippen LogP contribution in [0.15, 0.2) is 10.2 Å². The second kappa shape index (κ2) is 2.59. The van der Waals surface area contributed by atoms with E-state index in [0.717, 1.165) is 0 Å². The van der Waals surface area contributed by atoms with Gasteiger partial charge in [-0.2, -0.15) is 0 Å². The molecule has 0 aliphatic carbocycles. The van der Waals surface area contributed by atoms with Crippen molar-refractivity contribution in [1.29, 1.82) is 0 Å². The van der Waals surface area contributed by atoms with Crippen molar-refractivity contribution in [2.75, 3.05) is 0 Å². The van der Waals surface area contributed by atoms with Gasteiger partial charge in [-0.1, -0.05) is 0 Å². The number of hydrogen-bond acceptors (Lipinski definition) is 0. The second-order valence-corrected chi connectivity index (χ2v) is 2.14. The number of allylic oxidation sites excluding steroid dienone is 1. The molecule has 0 unspecified atom stereocenters. The van der Waals surface area contributed by atoms with Crippen LogP contribution < -0.4 is 0 Å². The minimum absolute atomic E-state index is 1.29. The van der Waals surface area contributed by atoms with Gasteiger partial charge in [0, 0.05) is 0 Å². The Kier molecular flexibility index (Phi) is 2.78. The summed E-state index contributed by atoms with van der Waals surface area (Å²) in [7, 11) is 0. The Morgan fingerprint density at radius 3 is 1.80 bits per heavy atom. The van der Waals surface area contributed by atoms with Crippen LogP contribution in [0.25, 0.3) is 0 Å². The molecule has 0 saturated carbocycles. The summed E-state index contributed by atoms with van der Waals surface area (Å²) >= 11 is 1.29. The summed E-state index contributed by atoms with van der Waals surface area (Å²) in [6, 6.07) is 0. The van der Waals surface area contributed by atoms with Gasteiger partial charge in [0.25, 0.3) is 0 Å². The van der Waals surface area contributed by atoms with Crippen molar-refractivity contribution in [2.24, 2.45) is 0 Å². The second-order valence-electron chi connectivity index (χ2n) is 1.28. The Labute approximate surface area is 42.9 Å². The molecule has 0 radical (unpaired) electrons. The molecule has 0 aromatic rings. The number of rotatable bonds is 0. The van der Waals surface area contributed by atoms with E-state index in [2.05, 4.69) is 18.5 Å². The van der Waals surface area contributed by atoms with E-state index < -0.39 is 0 Å². The molecular weight excluding hydrogens is 113 g/mol. The van der Waals surface area contributed by atoms with Gasteiger partial charge in [-0.25, -0.2) is 0 Å². The Balaban J connectivity index is 3.14. The van der Waals surface area contributed by atoms with E-state index in [9.17, 15) is 0 Å². The fourth-order valence-corrected chi connectivity index (χ4v) is 0. The van der Waals surface area contributed by atoms with Gasteiger partial charge in [-0.3, -0.25) is 0 Å². The zero-order valence-electron chi connectivity index (χ0n) is 3.78. The maximum absolute atomic E-state index is 2.21. The average Bonchev–Trinajstić information content (AvgIpc) is 1.38. The van der Waals surface area contributed by atoms with Crippen molar-refractivity contribution >= 4 is 0 Å². The zero-order valence-corrected chi connectivity index (χ0v) is 6.75. The summed E-state index contributed by atoms with van der Waals surface area (Å²) in [4.78, 5) is 0. The van der Waals surface area contributed by atoms with Gasteiger partial charge < -0.3 is 0 Å². The third-order valence-electron chi connectivity index (χ3n) is 0.408. The molecule has 25 valence electrons. The summed E-state index contributed by atoms with van der Waals surface area (Å²) in [6.45, 7) is 4.23. The zero-order chi connectivity index (χ0) is 4.28. The van der Waals surface area contributed by atoms with Crippen LogP contribution in [0.1, 0.15) is 13.8 Å². The summed E-state index contributed by atoms with van der Waals surface area (Å²) in [5.41, 5.74) is 1.44. The molecule has 0 atom stereocenters. The van der Waals surface area contributed by atoms with Crippen LogP contribution in [-0.4, -0.2) is 0 Å². The van der Waals surface area contributed by atoms with E-state index in [0.29, 0.717) is 0 Å². The molecule has 5 heavy (non-hydrogen) atoms. The number of hydrogen-bond donors (Lipinski definition) is 0. The van der Waals surface area contributed by atoms with Gasteiger partial charge in [0.2, 0.25) is 0 Å². The molecule has 0 aliphatic rings. The first-order chi connectivity index (χ1) is 2.27. The van der Waals surface area contributed by atoms with Crippen LogP contribution in [0.5, 0.6) is 0 Å². The predicted octanol–water partition coefficient (Wildman–Crippen LogP) is 1.46. The third-order valence-corrected chi connectivity index (χ3v) is 2.12. The van der Waals surface area contributed by atoms with Crippen LogP contribution in [-0.2, 0) is 18.3 Å². The Morgan fingerprint density at radius 1 is 1.60 bits per heavy atom. The van der Waals surface area contributed by atoms with Gasteiger partial charge in [0.1, 0.15) is 0 Å². The minimum atomic E-state index is 1.29. The van der Waals surface area contributed by atoms with E-state index in [4.69, 9.17) is 0 Å². The molecule has 0 heterocycles. The molecule has 0 spiro atoms. The molecule has 0 aliphatic heterocycles. The SMILES string of the molecule is CC(C)=[CH][Zn]. The van der Waals surface area contributed by atoms with Crippen LogP contribution >= 0.6 is 0 Å². The van der Waals surface area contributed by atoms with Crippen molar-refractivity contribution in [3.63, 3.8) is 0 Å². The first kappa shape index (κ1) is 5.36. The van der Waals surface area contributed by atoms with Crippen molar-refractivity contribution < 1.29 is 18.3 Å².